The highest BCUT2D eigenvalue weighted by molar-refractivity contribution is 7.93. The Morgan fingerprint density at radius 1 is 1.32 bits per heavy atom. The number of carbonyl (C=O) groups is 2. The van der Waals surface area contributed by atoms with Crippen LogP contribution in [0.1, 0.15) is 6.42 Å². The first-order valence-corrected chi connectivity index (χ1v) is 8.05. The van der Waals surface area contributed by atoms with Gasteiger partial charge in [-0.1, -0.05) is 12.1 Å². The zero-order valence-electron chi connectivity index (χ0n) is 12.4. The molecule has 0 aliphatic carbocycles. The summed E-state index contributed by atoms with van der Waals surface area (Å²) in [4.78, 5) is 22.1. The molecule has 0 aliphatic heterocycles. The Bertz CT molecular complexity index is 802. The number of hydrogen-bond acceptors (Lipinski definition) is 6. The van der Waals surface area contributed by atoms with E-state index in [0.717, 1.165) is 24.3 Å². The van der Waals surface area contributed by atoms with Crippen LogP contribution < -0.4 is 15.8 Å². The number of benzene rings is 1. The molecule has 0 saturated carbocycles. The van der Waals surface area contributed by atoms with Gasteiger partial charge in [0.2, 0.25) is 11.8 Å². The molecular formula is C13H12F3N3O5S. The summed E-state index contributed by atoms with van der Waals surface area (Å²) in [6.07, 6.45) is -6.16. The Kier molecular flexibility index (Phi) is 6.35. The molecule has 1 aromatic rings. The average molecular weight is 379 g/mol. The lowest BCUT2D eigenvalue weighted by Gasteiger charge is -2.18. The normalized spacial score (nSPS) is 12.7. The van der Waals surface area contributed by atoms with Crippen LogP contribution in [-0.4, -0.2) is 38.4 Å². The summed E-state index contributed by atoms with van der Waals surface area (Å²) >= 11 is 0. The molecule has 0 heterocycles. The molecule has 8 nitrogen and oxygen atoms in total. The van der Waals surface area contributed by atoms with Crippen molar-refractivity contribution in [3.8, 4) is 11.8 Å². The summed E-state index contributed by atoms with van der Waals surface area (Å²) in [5.41, 5.74) is 4.91. The molecule has 12 heteroatoms. The van der Waals surface area contributed by atoms with Crippen molar-refractivity contribution in [3.05, 3.63) is 24.3 Å². The second-order valence-corrected chi connectivity index (χ2v) is 6.67. The fraction of sp³-hybridized carbons (Fsp3) is 0.308. The van der Waals surface area contributed by atoms with Gasteiger partial charge in [-0.05, 0) is 12.1 Å². The van der Waals surface area contributed by atoms with Gasteiger partial charge in [0, 0.05) is 0 Å². The Morgan fingerprint density at radius 3 is 2.44 bits per heavy atom. The van der Waals surface area contributed by atoms with Crippen LogP contribution in [0.15, 0.2) is 29.2 Å². The SMILES string of the molecule is N#CCNC(=O)[C@H](CC(N)=O)S(=O)(=O)c1ccccc1OC(F)(F)F. The maximum Gasteiger partial charge on any atom is 0.573 e. The number of alkyl halides is 3. The van der Waals surface area contributed by atoms with Crippen LogP contribution >= 0.6 is 0 Å². The third-order valence-corrected chi connectivity index (χ3v) is 4.86. The van der Waals surface area contributed by atoms with E-state index < -0.39 is 56.9 Å². The van der Waals surface area contributed by atoms with Gasteiger partial charge in [0.25, 0.3) is 0 Å². The van der Waals surface area contributed by atoms with Gasteiger partial charge in [0.05, 0.1) is 12.5 Å². The largest absolute Gasteiger partial charge is 0.573 e. The third kappa shape index (κ3) is 5.64. The number of amides is 2. The standard InChI is InChI=1S/C13H12F3N3O5S/c14-13(15,16)24-8-3-1-2-4-9(8)25(22,23)10(7-11(18)20)12(21)19-6-5-17/h1-4,10H,6-7H2,(H2,18,20)(H,19,21)/t10-/m0/s1. The fourth-order valence-corrected chi connectivity index (χ4v) is 3.53. The van der Waals surface area contributed by atoms with Crippen LogP contribution in [0.3, 0.4) is 0 Å². The van der Waals surface area contributed by atoms with E-state index in [0.29, 0.717) is 0 Å². The molecule has 0 saturated heterocycles. The van der Waals surface area contributed by atoms with E-state index in [1.807, 2.05) is 5.32 Å². The molecule has 0 unspecified atom stereocenters. The van der Waals surface area contributed by atoms with Gasteiger partial charge >= 0.3 is 6.36 Å². The first-order chi connectivity index (χ1) is 11.5. The van der Waals surface area contributed by atoms with Crippen molar-refractivity contribution in [3.63, 3.8) is 0 Å². The quantitative estimate of drug-likeness (QED) is 0.651. The lowest BCUT2D eigenvalue weighted by atomic mass is 10.3. The lowest BCUT2D eigenvalue weighted by molar-refractivity contribution is -0.275. The van der Waals surface area contributed by atoms with Crippen molar-refractivity contribution in [2.75, 3.05) is 6.54 Å². The van der Waals surface area contributed by atoms with E-state index >= 15 is 0 Å². The van der Waals surface area contributed by atoms with Gasteiger partial charge in [-0.15, -0.1) is 13.2 Å². The van der Waals surface area contributed by atoms with E-state index in [2.05, 4.69) is 4.74 Å². The number of carbonyl (C=O) groups excluding carboxylic acids is 2. The Balaban J connectivity index is 3.37. The number of halogens is 3. The number of sulfone groups is 1. The molecule has 2 amide bonds. The van der Waals surface area contributed by atoms with Crippen LogP contribution in [0, 0.1) is 11.3 Å². The maximum atomic E-state index is 12.6. The van der Waals surface area contributed by atoms with E-state index in [-0.39, 0.29) is 0 Å². The predicted octanol–water partition coefficient (Wildman–Crippen LogP) is 0.243. The van der Waals surface area contributed by atoms with Gasteiger partial charge in [-0.2, -0.15) is 5.26 Å². The summed E-state index contributed by atoms with van der Waals surface area (Å²) in [5, 5.41) is 8.24. The highest BCUT2D eigenvalue weighted by Gasteiger charge is 2.39. The second-order valence-electron chi connectivity index (χ2n) is 4.57. The predicted molar refractivity (Wildman–Crippen MR) is 76.5 cm³/mol. The number of nitriles is 1. The van der Waals surface area contributed by atoms with Crippen LogP contribution in [0.2, 0.25) is 0 Å². The van der Waals surface area contributed by atoms with E-state index in [4.69, 9.17) is 11.0 Å². The molecule has 136 valence electrons. The topological polar surface area (TPSA) is 139 Å². The third-order valence-electron chi connectivity index (χ3n) is 2.78. The minimum Gasteiger partial charge on any atom is -0.404 e. The highest BCUT2D eigenvalue weighted by Crippen LogP contribution is 2.32. The van der Waals surface area contributed by atoms with E-state index in [1.54, 1.807) is 0 Å². The number of rotatable bonds is 7. The van der Waals surface area contributed by atoms with E-state index in [9.17, 15) is 31.2 Å². The first kappa shape index (κ1) is 20.2. The van der Waals surface area contributed by atoms with Crippen molar-refractivity contribution in [1.82, 2.24) is 5.32 Å². The van der Waals surface area contributed by atoms with Crippen LogP contribution in [-0.2, 0) is 19.4 Å². The highest BCUT2D eigenvalue weighted by atomic mass is 32.2. The molecule has 0 radical (unpaired) electrons. The zero-order valence-corrected chi connectivity index (χ0v) is 13.2. The number of primary amides is 1. The van der Waals surface area contributed by atoms with Crippen LogP contribution in [0.4, 0.5) is 13.2 Å². The summed E-state index contributed by atoms with van der Waals surface area (Å²) in [5.74, 6) is -3.48. The summed E-state index contributed by atoms with van der Waals surface area (Å²) < 4.78 is 66.1. The van der Waals surface area contributed by atoms with Crippen molar-refractivity contribution in [2.45, 2.75) is 22.9 Å². The van der Waals surface area contributed by atoms with Crippen molar-refractivity contribution in [1.29, 1.82) is 5.26 Å². The van der Waals surface area contributed by atoms with Gasteiger partial charge in [0.15, 0.2) is 15.1 Å². The van der Waals surface area contributed by atoms with Gasteiger partial charge < -0.3 is 15.8 Å². The van der Waals surface area contributed by atoms with Gasteiger partial charge in [-0.25, -0.2) is 8.42 Å². The molecule has 1 rings (SSSR count). The van der Waals surface area contributed by atoms with Crippen molar-refractivity contribution >= 4 is 21.7 Å². The summed E-state index contributed by atoms with van der Waals surface area (Å²) in [6.45, 7) is -0.565. The average Bonchev–Trinajstić information content (AvgIpc) is 2.48. The van der Waals surface area contributed by atoms with E-state index in [1.165, 1.54) is 6.07 Å². The molecule has 0 aliphatic rings. The van der Waals surface area contributed by atoms with Gasteiger partial charge in [0.1, 0.15) is 17.2 Å². The molecule has 25 heavy (non-hydrogen) atoms. The molecule has 0 aromatic heterocycles. The molecule has 0 bridgehead atoms. The number of nitrogens with zero attached hydrogens (tertiary/aromatic N) is 1. The van der Waals surface area contributed by atoms with Crippen molar-refractivity contribution < 1.29 is 35.9 Å². The number of ether oxygens (including phenoxy) is 1. The Hall–Kier alpha value is -2.81. The maximum absolute atomic E-state index is 12.6. The molecular weight excluding hydrogens is 367 g/mol. The minimum atomic E-state index is -5.17. The fourth-order valence-electron chi connectivity index (χ4n) is 1.81. The number of para-hydroxylation sites is 1. The Labute approximate surface area is 140 Å². The van der Waals surface area contributed by atoms with Gasteiger partial charge in [-0.3, -0.25) is 9.59 Å². The Morgan fingerprint density at radius 2 is 1.92 bits per heavy atom. The summed E-state index contributed by atoms with van der Waals surface area (Å²) in [7, 11) is -4.78. The molecule has 1 aromatic carbocycles. The smallest absolute Gasteiger partial charge is 0.404 e. The molecule has 1 atom stereocenters. The molecule has 0 spiro atoms. The molecule has 0 fully saturated rings. The van der Waals surface area contributed by atoms with Crippen molar-refractivity contribution in [2.24, 2.45) is 5.73 Å². The summed E-state index contributed by atoms with van der Waals surface area (Å²) in [6, 6.07) is 5.27. The number of hydrogen-bond donors (Lipinski definition) is 2. The lowest BCUT2D eigenvalue weighted by Crippen LogP contribution is -2.42. The minimum absolute atomic E-state index is 0.565. The second kappa shape index (κ2) is 7.84. The number of nitrogens with two attached hydrogens (primary N) is 1. The first-order valence-electron chi connectivity index (χ1n) is 6.50. The van der Waals surface area contributed by atoms with Crippen LogP contribution in [0.5, 0.6) is 5.75 Å². The van der Waals surface area contributed by atoms with Crippen LogP contribution in [0.25, 0.3) is 0 Å². The zero-order chi connectivity index (χ0) is 19.3. The number of nitrogens with one attached hydrogen (secondary N) is 1. The monoisotopic (exact) mass is 379 g/mol. The molecule has 3 N–H and O–H groups in total.